The Labute approximate surface area is 130 Å². The molecule has 0 aromatic heterocycles. The molecule has 0 atom stereocenters. The van der Waals surface area contributed by atoms with E-state index in [1.807, 2.05) is 0 Å². The third-order valence-corrected chi connectivity index (χ3v) is 4.53. The largest absolute Gasteiger partial charge is 0.396 e. The van der Waals surface area contributed by atoms with Gasteiger partial charge in [0.2, 0.25) is 0 Å². The lowest BCUT2D eigenvalue weighted by Crippen LogP contribution is -2.19. The molecule has 1 saturated carbocycles. The molecule has 3 nitrogen and oxygen atoms in total. The van der Waals surface area contributed by atoms with Crippen LogP contribution in [0.1, 0.15) is 37.7 Å². The van der Waals surface area contributed by atoms with Crippen LogP contribution in [-0.2, 0) is 6.54 Å². The number of rotatable bonds is 9. The summed E-state index contributed by atoms with van der Waals surface area (Å²) in [5.41, 5.74) is 2.57. The van der Waals surface area contributed by atoms with Crippen molar-refractivity contribution in [1.82, 2.24) is 5.32 Å². The van der Waals surface area contributed by atoms with Crippen molar-refractivity contribution in [3.05, 3.63) is 28.2 Å². The minimum Gasteiger partial charge on any atom is -0.396 e. The Morgan fingerprint density at radius 3 is 2.75 bits per heavy atom. The Morgan fingerprint density at radius 2 is 2.10 bits per heavy atom. The van der Waals surface area contributed by atoms with Crippen LogP contribution in [0.25, 0.3) is 0 Å². The van der Waals surface area contributed by atoms with Crippen LogP contribution in [0.4, 0.5) is 5.69 Å². The molecule has 0 spiro atoms. The van der Waals surface area contributed by atoms with Crippen molar-refractivity contribution in [3.8, 4) is 0 Å². The minimum absolute atomic E-state index is 0.304. The van der Waals surface area contributed by atoms with Gasteiger partial charge in [0.1, 0.15) is 0 Å². The van der Waals surface area contributed by atoms with Crippen molar-refractivity contribution in [2.24, 2.45) is 0 Å². The highest BCUT2D eigenvalue weighted by atomic mass is 79.9. The number of aliphatic hydroxyl groups is 1. The molecule has 4 heteroatoms. The van der Waals surface area contributed by atoms with E-state index >= 15 is 0 Å². The second-order valence-corrected chi connectivity index (χ2v) is 6.49. The van der Waals surface area contributed by atoms with Gasteiger partial charge < -0.3 is 15.3 Å². The summed E-state index contributed by atoms with van der Waals surface area (Å²) in [6.45, 7) is 2.29. The minimum atomic E-state index is 0.304. The summed E-state index contributed by atoms with van der Waals surface area (Å²) in [6, 6.07) is 7.35. The molecule has 1 aliphatic carbocycles. The molecule has 0 radical (unpaired) electrons. The smallest absolute Gasteiger partial charge is 0.0431 e. The van der Waals surface area contributed by atoms with E-state index in [1.54, 1.807) is 0 Å². The van der Waals surface area contributed by atoms with Crippen LogP contribution in [-0.4, -0.2) is 31.3 Å². The van der Waals surface area contributed by atoms with Gasteiger partial charge in [-0.1, -0.05) is 22.0 Å². The Hall–Kier alpha value is -0.580. The number of aliphatic hydroxyl groups excluding tert-OH is 1. The molecular weight excluding hydrogens is 316 g/mol. The third kappa shape index (κ3) is 5.08. The SMILES string of the molecule is CN(CCCCCO)c1ccc(CNC2CC2)c(Br)c1. The number of hydrogen-bond acceptors (Lipinski definition) is 3. The zero-order valence-electron chi connectivity index (χ0n) is 12.2. The van der Waals surface area contributed by atoms with Crippen LogP contribution >= 0.6 is 15.9 Å². The summed E-state index contributed by atoms with van der Waals surface area (Å²) in [5, 5.41) is 12.3. The van der Waals surface area contributed by atoms with Crippen molar-refractivity contribution >= 4 is 21.6 Å². The van der Waals surface area contributed by atoms with Gasteiger partial charge in [0.05, 0.1) is 0 Å². The standard InChI is InChI=1S/C16H25BrN2O/c1-19(9-3-2-4-10-20)15-8-5-13(16(17)11-15)12-18-14-6-7-14/h5,8,11,14,18,20H,2-4,6-7,9-10,12H2,1H3. The number of nitrogens with zero attached hydrogens (tertiary/aromatic N) is 1. The molecule has 2 N–H and O–H groups in total. The lowest BCUT2D eigenvalue weighted by atomic mass is 10.2. The second-order valence-electron chi connectivity index (χ2n) is 5.64. The van der Waals surface area contributed by atoms with Crippen LogP contribution in [0.2, 0.25) is 0 Å². The van der Waals surface area contributed by atoms with Crippen molar-refractivity contribution in [1.29, 1.82) is 0 Å². The number of halogens is 1. The molecule has 1 aromatic rings. The van der Waals surface area contributed by atoms with Crippen molar-refractivity contribution < 1.29 is 5.11 Å². The van der Waals surface area contributed by atoms with E-state index in [0.717, 1.165) is 38.4 Å². The van der Waals surface area contributed by atoms with E-state index in [4.69, 9.17) is 5.11 Å². The van der Waals surface area contributed by atoms with Gasteiger partial charge in [0, 0.05) is 42.9 Å². The molecule has 0 aliphatic heterocycles. The van der Waals surface area contributed by atoms with Gasteiger partial charge in [-0.15, -0.1) is 0 Å². The van der Waals surface area contributed by atoms with Crippen molar-refractivity contribution in [2.75, 3.05) is 25.1 Å². The molecule has 1 fully saturated rings. The maximum atomic E-state index is 8.78. The van der Waals surface area contributed by atoms with E-state index in [9.17, 15) is 0 Å². The Kier molecular flexibility index (Phi) is 6.33. The van der Waals surface area contributed by atoms with Crippen LogP contribution in [0.15, 0.2) is 22.7 Å². The Morgan fingerprint density at radius 1 is 1.30 bits per heavy atom. The topological polar surface area (TPSA) is 35.5 Å². The van der Waals surface area contributed by atoms with Crippen LogP contribution in [0.5, 0.6) is 0 Å². The van der Waals surface area contributed by atoms with Gasteiger partial charge in [-0.3, -0.25) is 0 Å². The highest BCUT2D eigenvalue weighted by molar-refractivity contribution is 9.10. The molecule has 0 amide bonds. The van der Waals surface area contributed by atoms with Gasteiger partial charge in [-0.25, -0.2) is 0 Å². The van der Waals surface area contributed by atoms with Gasteiger partial charge in [-0.2, -0.15) is 0 Å². The number of unbranched alkanes of at least 4 members (excludes halogenated alkanes) is 2. The number of nitrogens with one attached hydrogen (secondary N) is 1. The third-order valence-electron chi connectivity index (χ3n) is 3.79. The molecule has 0 bridgehead atoms. The first-order chi connectivity index (χ1) is 9.70. The predicted molar refractivity (Wildman–Crippen MR) is 88.2 cm³/mol. The molecule has 0 unspecified atom stereocenters. The fourth-order valence-corrected chi connectivity index (χ4v) is 2.73. The summed E-state index contributed by atoms with van der Waals surface area (Å²) in [7, 11) is 2.13. The first kappa shape index (κ1) is 15.8. The first-order valence-electron chi connectivity index (χ1n) is 7.54. The van der Waals surface area contributed by atoms with Crippen molar-refractivity contribution in [2.45, 2.75) is 44.7 Å². The predicted octanol–water partition coefficient (Wildman–Crippen LogP) is 3.30. The fourth-order valence-electron chi connectivity index (χ4n) is 2.23. The van der Waals surface area contributed by atoms with E-state index in [-0.39, 0.29) is 0 Å². The van der Waals surface area contributed by atoms with Crippen LogP contribution in [0, 0.1) is 0 Å². The molecule has 1 aliphatic rings. The zero-order chi connectivity index (χ0) is 14.4. The van der Waals surface area contributed by atoms with Gasteiger partial charge >= 0.3 is 0 Å². The number of hydrogen-bond donors (Lipinski definition) is 2. The summed E-state index contributed by atoms with van der Waals surface area (Å²) >= 11 is 3.68. The van der Waals surface area contributed by atoms with Gasteiger partial charge in [0.15, 0.2) is 0 Å². The summed E-state index contributed by atoms with van der Waals surface area (Å²) in [4.78, 5) is 2.28. The lowest BCUT2D eigenvalue weighted by molar-refractivity contribution is 0.283. The van der Waals surface area contributed by atoms with Crippen LogP contribution in [0.3, 0.4) is 0 Å². The molecule has 2 rings (SSSR count). The Bertz CT molecular complexity index is 421. The van der Waals surface area contributed by atoms with E-state index in [1.165, 1.54) is 28.6 Å². The average Bonchev–Trinajstić information content (AvgIpc) is 3.26. The fraction of sp³-hybridized carbons (Fsp3) is 0.625. The number of benzene rings is 1. The molecule has 0 saturated heterocycles. The van der Waals surface area contributed by atoms with Gasteiger partial charge in [-0.05, 0) is 49.8 Å². The molecular formula is C16H25BrN2O. The highest BCUT2D eigenvalue weighted by Gasteiger charge is 2.20. The van der Waals surface area contributed by atoms with E-state index in [0.29, 0.717) is 6.61 Å². The van der Waals surface area contributed by atoms with Gasteiger partial charge in [0.25, 0.3) is 0 Å². The zero-order valence-corrected chi connectivity index (χ0v) is 13.8. The lowest BCUT2D eigenvalue weighted by Gasteiger charge is -2.20. The quantitative estimate of drug-likeness (QED) is 0.677. The second kappa shape index (κ2) is 8.01. The van der Waals surface area contributed by atoms with E-state index in [2.05, 4.69) is 51.4 Å². The van der Waals surface area contributed by atoms with Crippen molar-refractivity contribution in [3.63, 3.8) is 0 Å². The molecule has 112 valence electrons. The molecule has 0 heterocycles. The average molecular weight is 341 g/mol. The normalized spacial score (nSPS) is 14.6. The Balaban J connectivity index is 1.83. The summed E-state index contributed by atoms with van der Waals surface area (Å²) in [5.74, 6) is 0. The molecule has 20 heavy (non-hydrogen) atoms. The maximum absolute atomic E-state index is 8.78. The van der Waals surface area contributed by atoms with Crippen LogP contribution < -0.4 is 10.2 Å². The highest BCUT2D eigenvalue weighted by Crippen LogP contribution is 2.25. The summed E-state index contributed by atoms with van der Waals surface area (Å²) in [6.07, 6.45) is 5.77. The number of anilines is 1. The van der Waals surface area contributed by atoms with E-state index < -0.39 is 0 Å². The first-order valence-corrected chi connectivity index (χ1v) is 8.34. The molecule has 1 aromatic carbocycles. The summed E-state index contributed by atoms with van der Waals surface area (Å²) < 4.78 is 1.19. The monoisotopic (exact) mass is 340 g/mol. The maximum Gasteiger partial charge on any atom is 0.0431 e.